The van der Waals surface area contributed by atoms with Crippen molar-refractivity contribution in [1.82, 2.24) is 29.7 Å². The maximum Gasteiger partial charge on any atom is 0.258 e. The van der Waals surface area contributed by atoms with Gasteiger partial charge in [-0.2, -0.15) is 15.0 Å². The number of nitrogens with one attached hydrogen (secondary N) is 2. The molecule has 1 fully saturated rings. The number of benzene rings is 1. The van der Waals surface area contributed by atoms with Gasteiger partial charge in [-0.15, -0.1) is 0 Å². The zero-order valence-electron chi connectivity index (χ0n) is 16.7. The summed E-state index contributed by atoms with van der Waals surface area (Å²) in [6, 6.07) is 4.92. The fourth-order valence-electron chi connectivity index (χ4n) is 3.87. The molecule has 154 valence electrons. The Balaban J connectivity index is 1.51. The summed E-state index contributed by atoms with van der Waals surface area (Å²) in [5.74, 6) is -0.873. The molecule has 10 heteroatoms. The van der Waals surface area contributed by atoms with Crippen molar-refractivity contribution >= 4 is 34.0 Å². The number of imidazole rings is 1. The average molecular weight is 408 g/mol. The van der Waals surface area contributed by atoms with Gasteiger partial charge in [0.15, 0.2) is 11.5 Å². The fourth-order valence-corrected chi connectivity index (χ4v) is 3.87. The van der Waals surface area contributed by atoms with Crippen LogP contribution in [0.25, 0.3) is 16.7 Å². The van der Waals surface area contributed by atoms with Crippen molar-refractivity contribution in [2.45, 2.75) is 6.92 Å². The highest BCUT2D eigenvalue weighted by Gasteiger charge is 2.21. The molecule has 1 amide bonds. The molecule has 0 unspecified atom stereocenters. The summed E-state index contributed by atoms with van der Waals surface area (Å²) in [5.41, 5.74) is 3.80. The standard InChI is InChI=1S/C20H21FN8O/c1-12-10-29-11-13(9-15(21)19(29)23-12)24-20(30)14-3-4-16(28-7-5-22-6-8-28)18-17(14)25-27(2)26-18/h3-4,9-11,22H,5-8H2,1-2H3,(H,24,30). The number of nitrogens with zero attached hydrogens (tertiary/aromatic N) is 6. The van der Waals surface area contributed by atoms with Gasteiger partial charge in [0.05, 0.1) is 22.6 Å². The van der Waals surface area contributed by atoms with Crippen LogP contribution in [0.2, 0.25) is 0 Å². The van der Waals surface area contributed by atoms with E-state index in [-0.39, 0.29) is 11.6 Å². The molecule has 1 saturated heterocycles. The number of carbonyl (C=O) groups excluding carboxylic acids is 1. The van der Waals surface area contributed by atoms with Crippen LogP contribution in [0.1, 0.15) is 16.1 Å². The van der Waals surface area contributed by atoms with E-state index in [1.54, 1.807) is 36.8 Å². The van der Waals surface area contributed by atoms with Gasteiger partial charge in [-0.1, -0.05) is 0 Å². The second kappa shape index (κ2) is 7.06. The molecule has 9 nitrogen and oxygen atoms in total. The smallest absolute Gasteiger partial charge is 0.258 e. The summed E-state index contributed by atoms with van der Waals surface area (Å²) in [5, 5.41) is 15.0. The van der Waals surface area contributed by atoms with Crippen LogP contribution in [0.3, 0.4) is 0 Å². The highest BCUT2D eigenvalue weighted by atomic mass is 19.1. The second-order valence-electron chi connectivity index (χ2n) is 7.40. The number of fused-ring (bicyclic) bond motifs is 2. The minimum Gasteiger partial charge on any atom is -0.367 e. The molecule has 0 saturated carbocycles. The van der Waals surface area contributed by atoms with E-state index in [4.69, 9.17) is 0 Å². The van der Waals surface area contributed by atoms with E-state index in [0.29, 0.717) is 28.0 Å². The number of pyridine rings is 1. The topological polar surface area (TPSA) is 92.4 Å². The maximum atomic E-state index is 14.4. The second-order valence-corrected chi connectivity index (χ2v) is 7.40. The van der Waals surface area contributed by atoms with Gasteiger partial charge in [0.25, 0.3) is 5.91 Å². The molecular formula is C20H21FN8O. The third-order valence-electron chi connectivity index (χ3n) is 5.21. The number of amides is 1. The van der Waals surface area contributed by atoms with Crippen LogP contribution in [-0.4, -0.2) is 56.5 Å². The van der Waals surface area contributed by atoms with Crippen molar-refractivity contribution in [3.05, 3.63) is 47.7 Å². The number of rotatable bonds is 3. The van der Waals surface area contributed by atoms with Crippen molar-refractivity contribution < 1.29 is 9.18 Å². The minimum absolute atomic E-state index is 0.224. The molecule has 4 aromatic rings. The number of carbonyl (C=O) groups is 1. The normalized spacial score (nSPS) is 14.6. The summed E-state index contributed by atoms with van der Waals surface area (Å²) in [6.45, 7) is 5.30. The number of hydrogen-bond donors (Lipinski definition) is 2. The molecule has 0 bridgehead atoms. The van der Waals surface area contributed by atoms with Crippen LogP contribution in [0.5, 0.6) is 0 Å². The van der Waals surface area contributed by atoms with Gasteiger partial charge >= 0.3 is 0 Å². The molecule has 0 atom stereocenters. The van der Waals surface area contributed by atoms with E-state index in [2.05, 4.69) is 30.7 Å². The Kier molecular flexibility index (Phi) is 4.35. The average Bonchev–Trinajstić information content (AvgIpc) is 3.29. The fraction of sp³-hybridized carbons (Fsp3) is 0.300. The molecule has 4 heterocycles. The van der Waals surface area contributed by atoms with Gasteiger partial charge < -0.3 is 19.9 Å². The van der Waals surface area contributed by atoms with Crippen LogP contribution in [-0.2, 0) is 7.05 Å². The molecule has 1 aromatic carbocycles. The van der Waals surface area contributed by atoms with Crippen molar-refractivity contribution in [3.8, 4) is 0 Å². The molecule has 0 radical (unpaired) electrons. The lowest BCUT2D eigenvalue weighted by Gasteiger charge is -2.29. The van der Waals surface area contributed by atoms with Gasteiger partial charge in [-0.3, -0.25) is 4.79 Å². The summed E-state index contributed by atoms with van der Waals surface area (Å²) < 4.78 is 15.9. The van der Waals surface area contributed by atoms with Gasteiger partial charge in [-0.05, 0) is 19.1 Å². The first kappa shape index (κ1) is 18.5. The third-order valence-corrected chi connectivity index (χ3v) is 5.21. The molecule has 1 aliphatic heterocycles. The number of aryl methyl sites for hydroxylation is 2. The quantitative estimate of drug-likeness (QED) is 0.536. The van der Waals surface area contributed by atoms with Crippen molar-refractivity contribution in [2.24, 2.45) is 7.05 Å². The Hall–Kier alpha value is -3.53. The zero-order chi connectivity index (χ0) is 20.8. The predicted molar refractivity (Wildman–Crippen MR) is 111 cm³/mol. The summed E-state index contributed by atoms with van der Waals surface area (Å²) in [6.07, 6.45) is 3.34. The van der Waals surface area contributed by atoms with E-state index in [1.165, 1.54) is 10.9 Å². The Morgan fingerprint density at radius 3 is 2.73 bits per heavy atom. The van der Waals surface area contributed by atoms with Crippen LogP contribution in [0, 0.1) is 12.7 Å². The number of piperazine rings is 1. The van der Waals surface area contributed by atoms with E-state index in [0.717, 1.165) is 31.9 Å². The number of hydrogen-bond acceptors (Lipinski definition) is 6. The molecule has 1 aliphatic rings. The Bertz CT molecular complexity index is 1270. The van der Waals surface area contributed by atoms with Gasteiger partial charge in [0.1, 0.15) is 11.0 Å². The summed E-state index contributed by atoms with van der Waals surface area (Å²) in [7, 11) is 1.73. The van der Waals surface area contributed by atoms with Gasteiger partial charge in [-0.25, -0.2) is 9.37 Å². The zero-order valence-corrected chi connectivity index (χ0v) is 16.7. The molecule has 2 N–H and O–H groups in total. The minimum atomic E-state index is -0.500. The predicted octanol–water partition coefficient (Wildman–Crippen LogP) is 1.73. The van der Waals surface area contributed by atoms with E-state index in [9.17, 15) is 9.18 Å². The monoisotopic (exact) mass is 408 g/mol. The van der Waals surface area contributed by atoms with Crippen molar-refractivity contribution in [2.75, 3.05) is 36.4 Å². The molecule has 5 rings (SSSR count). The Morgan fingerprint density at radius 1 is 1.17 bits per heavy atom. The van der Waals surface area contributed by atoms with E-state index < -0.39 is 5.82 Å². The third kappa shape index (κ3) is 3.14. The van der Waals surface area contributed by atoms with Gasteiger partial charge in [0.2, 0.25) is 0 Å². The Labute approximate surface area is 171 Å². The molecule has 0 spiro atoms. The largest absolute Gasteiger partial charge is 0.367 e. The van der Waals surface area contributed by atoms with Crippen molar-refractivity contribution in [3.63, 3.8) is 0 Å². The maximum absolute atomic E-state index is 14.4. The first-order valence-corrected chi connectivity index (χ1v) is 9.75. The Morgan fingerprint density at radius 2 is 1.93 bits per heavy atom. The number of halogens is 1. The van der Waals surface area contributed by atoms with Crippen LogP contribution < -0.4 is 15.5 Å². The lowest BCUT2D eigenvalue weighted by atomic mass is 10.1. The van der Waals surface area contributed by atoms with Crippen molar-refractivity contribution in [1.29, 1.82) is 0 Å². The van der Waals surface area contributed by atoms with E-state index in [1.807, 2.05) is 6.07 Å². The first-order chi connectivity index (χ1) is 14.5. The highest BCUT2D eigenvalue weighted by Crippen LogP contribution is 2.28. The SMILES string of the molecule is Cc1cn2cc(NC(=O)c3ccc(N4CCNCC4)c4nn(C)nc34)cc(F)c2n1. The lowest BCUT2D eigenvalue weighted by molar-refractivity contribution is 0.102. The molecular weight excluding hydrogens is 387 g/mol. The summed E-state index contributed by atoms with van der Waals surface area (Å²) >= 11 is 0. The highest BCUT2D eigenvalue weighted by molar-refractivity contribution is 6.13. The van der Waals surface area contributed by atoms with Gasteiger partial charge in [0, 0.05) is 51.7 Å². The molecule has 0 aliphatic carbocycles. The molecule has 30 heavy (non-hydrogen) atoms. The molecule has 3 aromatic heterocycles. The van der Waals surface area contributed by atoms with Crippen LogP contribution in [0.15, 0.2) is 30.6 Å². The summed E-state index contributed by atoms with van der Waals surface area (Å²) in [4.78, 5) is 20.9. The lowest BCUT2D eigenvalue weighted by Crippen LogP contribution is -2.43. The van der Waals surface area contributed by atoms with Crippen LogP contribution >= 0.6 is 0 Å². The number of anilines is 2. The van der Waals surface area contributed by atoms with Crippen LogP contribution in [0.4, 0.5) is 15.8 Å². The number of aromatic nitrogens is 5. The first-order valence-electron chi connectivity index (χ1n) is 9.75. The van der Waals surface area contributed by atoms with E-state index >= 15 is 0 Å².